The van der Waals surface area contributed by atoms with E-state index in [-0.39, 0.29) is 34.4 Å². The zero-order chi connectivity index (χ0) is 24.5. The lowest BCUT2D eigenvalue weighted by Crippen LogP contribution is -2.54. The normalized spacial score (nSPS) is 21.2. The highest BCUT2D eigenvalue weighted by Crippen LogP contribution is 2.45. The first-order valence-electron chi connectivity index (χ1n) is 10.7. The summed E-state index contributed by atoms with van der Waals surface area (Å²) in [6.45, 7) is 2.21. The summed E-state index contributed by atoms with van der Waals surface area (Å²) in [6, 6.07) is 9.91. The van der Waals surface area contributed by atoms with Crippen LogP contribution in [0.5, 0.6) is 0 Å². The number of aliphatic imine (C=N–C) groups is 1. The van der Waals surface area contributed by atoms with Crippen molar-refractivity contribution < 1.29 is 18.7 Å². The molecule has 2 amide bonds. The molecular formula is C24H23Cl2FN4O3. The number of hydrogen-bond donors (Lipinski definition) is 2. The largest absolute Gasteiger partial charge is 0.436 e. The lowest BCUT2D eigenvalue weighted by molar-refractivity contribution is -0.134. The molecule has 2 aromatic rings. The molecule has 0 saturated carbocycles. The standard InChI is InChI=1S/C24H23Cl2FN4O3/c1-14(15-4-2-5-17(25)10-15)29-12-16(11-28)22(32)31-9-3-8-24(13-31)20-19(30-23(33)34-24)7-6-18(26)21(20)27/h2,4-7,10-12,14H,3,8-9,13,28H2,1H3,(H,30,33)/t14-,24-/m0/s1. The number of rotatable bonds is 4. The van der Waals surface area contributed by atoms with Gasteiger partial charge in [0.15, 0.2) is 11.4 Å². The van der Waals surface area contributed by atoms with E-state index >= 15 is 4.39 Å². The topological polar surface area (TPSA) is 97.0 Å². The number of ether oxygens (including phenoxy) is 1. The zero-order valence-corrected chi connectivity index (χ0v) is 19.9. The highest BCUT2D eigenvalue weighted by molar-refractivity contribution is 6.31. The number of nitrogens with two attached hydrogens (primary N) is 1. The van der Waals surface area contributed by atoms with Gasteiger partial charge in [0.1, 0.15) is 0 Å². The number of halogens is 3. The van der Waals surface area contributed by atoms with Crippen molar-refractivity contribution in [1.82, 2.24) is 4.90 Å². The SMILES string of the molecule is C[C@H](N=CC(=CN)C(=O)N1CCC[C@@]2(C1)OC(=O)Nc1ccc(Cl)c(F)c12)c1cccc(Cl)c1. The predicted molar refractivity (Wildman–Crippen MR) is 130 cm³/mol. The number of hydrogen-bond acceptors (Lipinski definition) is 5. The summed E-state index contributed by atoms with van der Waals surface area (Å²) in [4.78, 5) is 31.5. The third-order valence-electron chi connectivity index (χ3n) is 6.01. The van der Waals surface area contributed by atoms with Crippen LogP contribution in [0, 0.1) is 5.82 Å². The molecule has 1 saturated heterocycles. The van der Waals surface area contributed by atoms with E-state index in [1.54, 1.807) is 12.1 Å². The van der Waals surface area contributed by atoms with Gasteiger partial charge in [-0.3, -0.25) is 15.1 Å². The van der Waals surface area contributed by atoms with Gasteiger partial charge in [-0.05, 0) is 49.6 Å². The van der Waals surface area contributed by atoms with Gasteiger partial charge in [-0.15, -0.1) is 0 Å². The van der Waals surface area contributed by atoms with E-state index in [1.165, 1.54) is 29.4 Å². The van der Waals surface area contributed by atoms with Crippen LogP contribution in [0.25, 0.3) is 0 Å². The van der Waals surface area contributed by atoms with Crippen molar-refractivity contribution in [2.75, 3.05) is 18.4 Å². The number of anilines is 1. The first-order valence-corrected chi connectivity index (χ1v) is 11.5. The number of piperidine rings is 1. The molecule has 2 aromatic carbocycles. The molecule has 0 aromatic heterocycles. The Labute approximate surface area is 206 Å². The van der Waals surface area contributed by atoms with Crippen molar-refractivity contribution in [3.63, 3.8) is 0 Å². The third kappa shape index (κ3) is 4.60. The van der Waals surface area contributed by atoms with Crippen molar-refractivity contribution >= 4 is 47.1 Å². The molecule has 2 aliphatic rings. The quantitative estimate of drug-likeness (QED) is 0.442. The first-order chi connectivity index (χ1) is 16.2. The van der Waals surface area contributed by atoms with Gasteiger partial charge in [-0.2, -0.15) is 0 Å². The maximum atomic E-state index is 15.1. The van der Waals surface area contributed by atoms with Crippen LogP contribution in [0.3, 0.4) is 0 Å². The molecule has 2 heterocycles. The molecule has 1 fully saturated rings. The van der Waals surface area contributed by atoms with Crippen LogP contribution in [0.2, 0.25) is 10.0 Å². The van der Waals surface area contributed by atoms with Crippen LogP contribution in [0.15, 0.2) is 53.2 Å². The van der Waals surface area contributed by atoms with E-state index in [9.17, 15) is 9.59 Å². The molecule has 7 nitrogen and oxygen atoms in total. The summed E-state index contributed by atoms with van der Waals surface area (Å²) in [6.07, 6.45) is 2.70. The van der Waals surface area contributed by atoms with E-state index in [1.807, 2.05) is 19.1 Å². The Morgan fingerprint density at radius 2 is 2.15 bits per heavy atom. The van der Waals surface area contributed by atoms with Gasteiger partial charge in [-0.1, -0.05) is 35.3 Å². The number of likely N-dealkylation sites (tertiary alicyclic amines) is 1. The molecule has 2 atom stereocenters. The molecule has 3 N–H and O–H groups in total. The summed E-state index contributed by atoms with van der Waals surface area (Å²) in [5, 5.41) is 3.00. The van der Waals surface area contributed by atoms with Crippen molar-refractivity contribution in [1.29, 1.82) is 0 Å². The predicted octanol–water partition coefficient (Wildman–Crippen LogP) is 5.19. The molecule has 2 aliphatic heterocycles. The van der Waals surface area contributed by atoms with Crippen LogP contribution >= 0.6 is 23.2 Å². The minimum atomic E-state index is -1.36. The van der Waals surface area contributed by atoms with Crippen LogP contribution in [0.1, 0.15) is 36.9 Å². The average molecular weight is 505 g/mol. The molecule has 10 heteroatoms. The number of carbonyl (C=O) groups excluding carboxylic acids is 2. The Morgan fingerprint density at radius 1 is 1.35 bits per heavy atom. The van der Waals surface area contributed by atoms with Crippen molar-refractivity contribution in [2.24, 2.45) is 10.7 Å². The van der Waals surface area contributed by atoms with E-state index in [0.29, 0.717) is 24.4 Å². The number of benzene rings is 2. The van der Waals surface area contributed by atoms with Gasteiger partial charge < -0.3 is 15.4 Å². The molecule has 4 rings (SSSR count). The van der Waals surface area contributed by atoms with Crippen molar-refractivity contribution in [3.05, 3.63) is 75.2 Å². The Kier molecular flexibility index (Phi) is 6.81. The molecule has 0 unspecified atom stereocenters. The van der Waals surface area contributed by atoms with E-state index < -0.39 is 23.4 Å². The second-order valence-electron chi connectivity index (χ2n) is 8.25. The Hall–Kier alpha value is -3.10. The first kappa shape index (κ1) is 24.0. The van der Waals surface area contributed by atoms with Gasteiger partial charge in [0.05, 0.1) is 34.4 Å². The molecule has 178 valence electrons. The van der Waals surface area contributed by atoms with Crippen molar-refractivity contribution in [3.8, 4) is 0 Å². The summed E-state index contributed by atoms with van der Waals surface area (Å²) >= 11 is 12.1. The maximum Gasteiger partial charge on any atom is 0.412 e. The Balaban J connectivity index is 1.58. The van der Waals surface area contributed by atoms with Crippen LogP contribution in [-0.4, -0.2) is 36.2 Å². The monoisotopic (exact) mass is 504 g/mol. The fourth-order valence-corrected chi connectivity index (χ4v) is 4.70. The van der Waals surface area contributed by atoms with E-state index in [2.05, 4.69) is 10.3 Å². The summed E-state index contributed by atoms with van der Waals surface area (Å²) < 4.78 is 20.7. The Morgan fingerprint density at radius 3 is 2.88 bits per heavy atom. The fraction of sp³-hybridized carbons (Fsp3) is 0.292. The molecular weight excluding hydrogens is 482 g/mol. The van der Waals surface area contributed by atoms with Crippen LogP contribution in [-0.2, 0) is 15.1 Å². The van der Waals surface area contributed by atoms with Gasteiger partial charge in [0, 0.05) is 24.0 Å². The van der Waals surface area contributed by atoms with Crippen molar-refractivity contribution in [2.45, 2.75) is 31.4 Å². The van der Waals surface area contributed by atoms with E-state index in [4.69, 9.17) is 33.7 Å². The summed E-state index contributed by atoms with van der Waals surface area (Å²) in [7, 11) is 0. The third-order valence-corrected chi connectivity index (χ3v) is 6.54. The minimum absolute atomic E-state index is 0.0431. The highest BCUT2D eigenvalue weighted by atomic mass is 35.5. The molecule has 0 aliphatic carbocycles. The minimum Gasteiger partial charge on any atom is -0.436 e. The average Bonchev–Trinajstić information content (AvgIpc) is 2.81. The Bertz CT molecular complexity index is 1200. The fourth-order valence-electron chi connectivity index (χ4n) is 4.34. The van der Waals surface area contributed by atoms with Gasteiger partial charge in [0.2, 0.25) is 0 Å². The second-order valence-corrected chi connectivity index (χ2v) is 9.10. The molecule has 34 heavy (non-hydrogen) atoms. The van der Waals surface area contributed by atoms with Gasteiger partial charge in [-0.25, -0.2) is 9.18 Å². The number of carbonyl (C=O) groups is 2. The lowest BCUT2D eigenvalue weighted by atomic mass is 9.83. The van der Waals surface area contributed by atoms with E-state index in [0.717, 1.165) is 5.56 Å². The molecule has 1 spiro atoms. The summed E-state index contributed by atoms with van der Waals surface area (Å²) in [5.74, 6) is -1.08. The number of nitrogens with one attached hydrogen (secondary N) is 1. The smallest absolute Gasteiger partial charge is 0.412 e. The summed E-state index contributed by atoms with van der Waals surface area (Å²) in [5.41, 5.74) is 5.86. The van der Waals surface area contributed by atoms with Gasteiger partial charge in [0.25, 0.3) is 5.91 Å². The second kappa shape index (κ2) is 9.64. The zero-order valence-electron chi connectivity index (χ0n) is 18.4. The number of amides is 2. The molecule has 0 bridgehead atoms. The number of fused-ring (bicyclic) bond motifs is 2. The van der Waals surface area contributed by atoms with Crippen LogP contribution in [0.4, 0.5) is 14.9 Å². The van der Waals surface area contributed by atoms with Crippen LogP contribution < -0.4 is 11.1 Å². The molecule has 0 radical (unpaired) electrons. The number of nitrogens with zero attached hydrogens (tertiary/aromatic N) is 2. The highest BCUT2D eigenvalue weighted by Gasteiger charge is 2.48. The lowest BCUT2D eigenvalue weighted by Gasteiger charge is -2.45. The maximum absolute atomic E-state index is 15.1. The van der Waals surface area contributed by atoms with Gasteiger partial charge >= 0.3 is 6.09 Å².